The molecule has 0 atom stereocenters. The fourth-order valence-electron chi connectivity index (χ4n) is 3.77. The minimum absolute atomic E-state index is 0.0180. The van der Waals surface area contributed by atoms with Gasteiger partial charge in [0.05, 0.1) is 5.69 Å². The van der Waals surface area contributed by atoms with Crippen molar-refractivity contribution in [3.63, 3.8) is 0 Å². The number of thiocarbonyl (C=S) groups is 1. The van der Waals surface area contributed by atoms with E-state index in [0.717, 1.165) is 21.2 Å². The highest BCUT2D eigenvalue weighted by atomic mass is 79.9. The van der Waals surface area contributed by atoms with E-state index < -0.39 is 11.8 Å². The van der Waals surface area contributed by atoms with Crippen molar-refractivity contribution < 1.29 is 19.1 Å². The van der Waals surface area contributed by atoms with Gasteiger partial charge in [-0.25, -0.2) is 0 Å². The van der Waals surface area contributed by atoms with Crippen molar-refractivity contribution in [3.8, 4) is 5.75 Å². The number of benzene rings is 3. The minimum atomic E-state index is -0.583. The zero-order valence-corrected chi connectivity index (χ0v) is 22.8. The van der Waals surface area contributed by atoms with Crippen molar-refractivity contribution in [3.05, 3.63) is 93.0 Å². The molecule has 188 valence electrons. The molecule has 0 bridgehead atoms. The second-order valence-corrected chi connectivity index (χ2v) is 9.90. The van der Waals surface area contributed by atoms with E-state index in [1.807, 2.05) is 45.0 Å². The van der Waals surface area contributed by atoms with Crippen molar-refractivity contribution in [1.82, 2.24) is 5.32 Å². The third-order valence-corrected chi connectivity index (χ3v) is 6.61. The van der Waals surface area contributed by atoms with Crippen molar-refractivity contribution in [2.45, 2.75) is 20.8 Å². The van der Waals surface area contributed by atoms with Gasteiger partial charge in [0.15, 0.2) is 11.7 Å². The molecule has 0 aliphatic carbocycles. The van der Waals surface area contributed by atoms with Crippen LogP contribution in [0.2, 0.25) is 0 Å². The number of anilines is 2. The number of hydrogen-bond donors (Lipinski definition) is 2. The molecular weight excluding hydrogens is 554 g/mol. The summed E-state index contributed by atoms with van der Waals surface area (Å²) in [6.45, 7) is 5.64. The first kappa shape index (κ1) is 26.2. The first-order valence-electron chi connectivity index (χ1n) is 11.4. The Morgan fingerprint density at radius 2 is 1.81 bits per heavy atom. The Labute approximate surface area is 228 Å². The Kier molecular flexibility index (Phi) is 7.85. The summed E-state index contributed by atoms with van der Waals surface area (Å²) in [6, 6.07) is 17.9. The number of halogens is 1. The first-order chi connectivity index (χ1) is 17.6. The number of hydrogen-bond acceptors (Lipinski definition) is 5. The first-order valence-corrected chi connectivity index (χ1v) is 12.6. The molecule has 0 saturated carbocycles. The molecule has 0 aromatic heterocycles. The summed E-state index contributed by atoms with van der Waals surface area (Å²) >= 11 is 8.70. The summed E-state index contributed by atoms with van der Waals surface area (Å²) in [4.78, 5) is 39.6. The second-order valence-electron chi connectivity index (χ2n) is 8.60. The highest BCUT2D eigenvalue weighted by Gasteiger charge is 2.35. The Morgan fingerprint density at radius 3 is 2.54 bits per heavy atom. The highest BCUT2D eigenvalue weighted by Crippen LogP contribution is 2.28. The molecule has 0 radical (unpaired) electrons. The lowest BCUT2D eigenvalue weighted by Gasteiger charge is -2.30. The topological polar surface area (TPSA) is 87.7 Å². The van der Waals surface area contributed by atoms with Crippen LogP contribution < -0.4 is 20.3 Å². The van der Waals surface area contributed by atoms with Crippen LogP contribution in [0.1, 0.15) is 22.3 Å². The summed E-state index contributed by atoms with van der Waals surface area (Å²) < 4.78 is 6.51. The summed E-state index contributed by atoms with van der Waals surface area (Å²) in [5.74, 6) is -0.995. The van der Waals surface area contributed by atoms with Crippen LogP contribution in [-0.2, 0) is 14.4 Å². The van der Waals surface area contributed by atoms with Crippen LogP contribution in [0.25, 0.3) is 6.08 Å². The molecule has 37 heavy (non-hydrogen) atoms. The van der Waals surface area contributed by atoms with Gasteiger partial charge >= 0.3 is 0 Å². The van der Waals surface area contributed by atoms with E-state index in [1.54, 1.807) is 36.4 Å². The molecule has 1 fully saturated rings. The van der Waals surface area contributed by atoms with E-state index in [1.165, 1.54) is 11.0 Å². The monoisotopic (exact) mass is 577 g/mol. The van der Waals surface area contributed by atoms with Crippen molar-refractivity contribution in [2.24, 2.45) is 0 Å². The number of rotatable bonds is 6. The summed E-state index contributed by atoms with van der Waals surface area (Å²) in [7, 11) is 0. The lowest BCUT2D eigenvalue weighted by Crippen LogP contribution is -2.54. The molecule has 7 nitrogen and oxygen atoms in total. The van der Waals surface area contributed by atoms with E-state index in [-0.39, 0.29) is 23.2 Å². The molecule has 0 spiro atoms. The highest BCUT2D eigenvalue weighted by molar-refractivity contribution is 9.10. The van der Waals surface area contributed by atoms with Crippen molar-refractivity contribution in [1.29, 1.82) is 0 Å². The lowest BCUT2D eigenvalue weighted by atomic mass is 10.1. The molecule has 4 rings (SSSR count). The van der Waals surface area contributed by atoms with Gasteiger partial charge in [-0.15, -0.1) is 0 Å². The molecule has 3 aromatic rings. The van der Waals surface area contributed by atoms with E-state index >= 15 is 0 Å². The molecule has 1 heterocycles. The molecule has 1 saturated heterocycles. The van der Waals surface area contributed by atoms with Crippen LogP contribution >= 0.6 is 28.1 Å². The van der Waals surface area contributed by atoms with Gasteiger partial charge in [-0.3, -0.25) is 24.6 Å². The second kappa shape index (κ2) is 11.1. The van der Waals surface area contributed by atoms with Crippen LogP contribution in [0.5, 0.6) is 5.75 Å². The molecule has 1 aliphatic rings. The molecule has 2 N–H and O–H groups in total. The molecule has 9 heteroatoms. The SMILES string of the molecule is Cc1ccc(NC(=O)COc2cccc(/C=C3\C(=O)NC(=S)N(c4ccc(Br)cc4C)C3=O)c2)cc1C. The smallest absolute Gasteiger partial charge is 0.270 e. The standard InChI is InChI=1S/C28H24BrN3O4S/c1-16-7-9-21(12-17(16)2)30-25(33)15-36-22-6-4-5-19(13-22)14-23-26(34)31-28(37)32(27(23)35)24-10-8-20(29)11-18(24)3/h4-14H,15H2,1-3H3,(H,30,33)(H,31,34,37)/b23-14+. The summed E-state index contributed by atoms with van der Waals surface area (Å²) in [5, 5.41) is 5.42. The largest absolute Gasteiger partial charge is 0.484 e. The number of carbonyl (C=O) groups excluding carboxylic acids is 3. The zero-order chi connectivity index (χ0) is 26.7. The van der Waals surface area contributed by atoms with Gasteiger partial charge in [-0.05, 0) is 104 Å². The maximum Gasteiger partial charge on any atom is 0.270 e. The van der Waals surface area contributed by atoms with Gasteiger partial charge in [-0.1, -0.05) is 34.1 Å². The van der Waals surface area contributed by atoms with Crippen LogP contribution in [0.15, 0.2) is 70.7 Å². The maximum absolute atomic E-state index is 13.3. The van der Waals surface area contributed by atoms with E-state index in [0.29, 0.717) is 22.7 Å². The Balaban J connectivity index is 1.49. The van der Waals surface area contributed by atoms with E-state index in [4.69, 9.17) is 17.0 Å². The van der Waals surface area contributed by atoms with Crippen LogP contribution in [0.4, 0.5) is 11.4 Å². The van der Waals surface area contributed by atoms with Gasteiger partial charge in [0.2, 0.25) is 0 Å². The Morgan fingerprint density at radius 1 is 1.03 bits per heavy atom. The average Bonchev–Trinajstić information content (AvgIpc) is 2.84. The Bertz CT molecular complexity index is 1470. The number of nitrogens with zero attached hydrogens (tertiary/aromatic N) is 1. The number of ether oxygens (including phenoxy) is 1. The quantitative estimate of drug-likeness (QED) is 0.238. The van der Waals surface area contributed by atoms with Crippen molar-refractivity contribution >= 4 is 68.4 Å². The fraction of sp³-hybridized carbons (Fsp3) is 0.143. The average molecular weight is 578 g/mol. The fourth-order valence-corrected chi connectivity index (χ4v) is 4.52. The van der Waals surface area contributed by atoms with Gasteiger partial charge in [0, 0.05) is 10.2 Å². The molecule has 3 aromatic carbocycles. The third-order valence-electron chi connectivity index (χ3n) is 5.83. The van der Waals surface area contributed by atoms with Crippen LogP contribution in [0.3, 0.4) is 0 Å². The normalized spacial score (nSPS) is 14.5. The molecular formula is C28H24BrN3O4S. The maximum atomic E-state index is 13.3. The van der Waals surface area contributed by atoms with Gasteiger partial charge in [-0.2, -0.15) is 0 Å². The summed E-state index contributed by atoms with van der Waals surface area (Å²) in [5.41, 5.74) is 4.80. The van der Waals surface area contributed by atoms with Crippen LogP contribution in [0, 0.1) is 20.8 Å². The Hall–Kier alpha value is -3.82. The molecule has 1 aliphatic heterocycles. The van der Waals surface area contributed by atoms with Gasteiger partial charge < -0.3 is 10.1 Å². The number of aryl methyl sites for hydroxylation is 3. The van der Waals surface area contributed by atoms with Gasteiger partial charge in [0.1, 0.15) is 11.3 Å². The molecule has 3 amide bonds. The lowest BCUT2D eigenvalue weighted by molar-refractivity contribution is -0.122. The number of nitrogens with one attached hydrogen (secondary N) is 2. The van der Waals surface area contributed by atoms with E-state index in [2.05, 4.69) is 26.6 Å². The molecule has 0 unspecified atom stereocenters. The third kappa shape index (κ3) is 6.12. The number of carbonyl (C=O) groups is 3. The van der Waals surface area contributed by atoms with Gasteiger partial charge in [0.25, 0.3) is 17.7 Å². The van der Waals surface area contributed by atoms with Crippen LogP contribution in [-0.4, -0.2) is 29.4 Å². The van der Waals surface area contributed by atoms with E-state index in [9.17, 15) is 14.4 Å². The summed E-state index contributed by atoms with van der Waals surface area (Å²) in [6.07, 6.45) is 1.47. The van der Waals surface area contributed by atoms with Crippen molar-refractivity contribution in [2.75, 3.05) is 16.8 Å². The predicted molar refractivity (Wildman–Crippen MR) is 152 cm³/mol. The zero-order valence-electron chi connectivity index (χ0n) is 20.4. The number of amides is 3. The minimum Gasteiger partial charge on any atom is -0.484 e. The predicted octanol–water partition coefficient (Wildman–Crippen LogP) is 5.22.